The van der Waals surface area contributed by atoms with Crippen LogP contribution < -0.4 is 0 Å². The molecule has 0 unspecified atom stereocenters. The van der Waals surface area contributed by atoms with Crippen molar-refractivity contribution in [3.63, 3.8) is 0 Å². The van der Waals surface area contributed by atoms with Gasteiger partial charge in [0.1, 0.15) is 36.6 Å². The first-order valence-electron chi connectivity index (χ1n) is 13.3. The van der Waals surface area contributed by atoms with Gasteiger partial charge >= 0.3 is 5.97 Å². The molecule has 2 saturated heterocycles. The molecule has 13 heteroatoms. The molecule has 4 fully saturated rings. The summed E-state index contributed by atoms with van der Waals surface area (Å²) in [6.45, 7) is 3.95. The van der Waals surface area contributed by atoms with Gasteiger partial charge in [-0.3, -0.25) is 4.79 Å². The molecule has 2 heterocycles. The number of aliphatic hydroxyl groups is 8. The third kappa shape index (κ3) is 3.90. The van der Waals surface area contributed by atoms with E-state index in [0.717, 1.165) is 0 Å². The Labute approximate surface area is 224 Å². The number of hydrogen-bond acceptors (Lipinski definition) is 13. The van der Waals surface area contributed by atoms with E-state index in [1.807, 2.05) is 0 Å². The van der Waals surface area contributed by atoms with Crippen molar-refractivity contribution in [2.45, 2.75) is 88.4 Å². The lowest BCUT2D eigenvalue weighted by Crippen LogP contribution is -2.77. The van der Waals surface area contributed by atoms with E-state index >= 15 is 0 Å². The van der Waals surface area contributed by atoms with Crippen molar-refractivity contribution in [2.75, 3.05) is 13.2 Å². The number of carbonyl (C=O) groups excluding carboxylic acids is 2. The van der Waals surface area contributed by atoms with Gasteiger partial charge in [-0.15, -0.1) is 0 Å². The molecule has 0 bridgehead atoms. The maximum Gasteiger partial charge on any atom is 0.335 e. The van der Waals surface area contributed by atoms with Crippen molar-refractivity contribution in [3.8, 4) is 0 Å². The second kappa shape index (κ2) is 9.79. The van der Waals surface area contributed by atoms with E-state index < -0.39 is 121 Å². The lowest BCUT2D eigenvalue weighted by molar-refractivity contribution is -0.327. The standard InChI is InChI=1S/C26H38O13/c1-8-4-11(28)22(35)25(2)10(8)5-13-26(3)14(17(31)23(36)39-13)9(15(29)19(33)21(25)26)7-37-24-20(34)18(32)16(30)12(6-27)38-24/h4,9-10,12-22,24,27,29-35H,5-7H2,1-3H3/t9-,10+,12+,13-,14-,15-,16+,17-,18-,19+,20+,21-,22-,24+,25+,26+/m1/s1. The lowest BCUT2D eigenvalue weighted by Gasteiger charge is -2.69. The summed E-state index contributed by atoms with van der Waals surface area (Å²) in [5.74, 6) is -5.08. The quantitative estimate of drug-likeness (QED) is 0.158. The smallest absolute Gasteiger partial charge is 0.335 e. The second-order valence-electron chi connectivity index (χ2n) is 12.3. The average molecular weight is 559 g/mol. The van der Waals surface area contributed by atoms with Gasteiger partial charge in [-0.25, -0.2) is 4.79 Å². The van der Waals surface area contributed by atoms with Crippen LogP contribution in [0.1, 0.15) is 27.2 Å². The first kappa shape index (κ1) is 29.0. The van der Waals surface area contributed by atoms with E-state index in [1.54, 1.807) is 20.8 Å². The third-order valence-corrected chi connectivity index (χ3v) is 10.5. The minimum Gasteiger partial charge on any atom is -0.460 e. The van der Waals surface area contributed by atoms with Gasteiger partial charge in [0.25, 0.3) is 0 Å². The monoisotopic (exact) mass is 558 g/mol. The number of hydrogen-bond donors (Lipinski definition) is 8. The van der Waals surface area contributed by atoms with Crippen molar-refractivity contribution in [1.29, 1.82) is 0 Å². The van der Waals surface area contributed by atoms with Gasteiger partial charge in [-0.1, -0.05) is 19.4 Å². The first-order valence-corrected chi connectivity index (χ1v) is 13.3. The molecule has 16 atom stereocenters. The molecule has 0 aromatic rings. The molecule has 2 aliphatic heterocycles. The summed E-state index contributed by atoms with van der Waals surface area (Å²) < 4.78 is 16.7. The number of ether oxygens (including phenoxy) is 3. The van der Waals surface area contributed by atoms with Gasteiger partial charge in [0.2, 0.25) is 0 Å². The Hall–Kier alpha value is -1.52. The van der Waals surface area contributed by atoms with Crippen LogP contribution in [0.25, 0.3) is 0 Å². The van der Waals surface area contributed by atoms with Gasteiger partial charge in [-0.2, -0.15) is 0 Å². The summed E-state index contributed by atoms with van der Waals surface area (Å²) in [5, 5.41) is 85.3. The highest BCUT2D eigenvalue weighted by Crippen LogP contribution is 2.68. The second-order valence-corrected chi connectivity index (χ2v) is 12.3. The number of esters is 1. The van der Waals surface area contributed by atoms with Gasteiger partial charge in [0, 0.05) is 28.6 Å². The predicted octanol–water partition coefficient (Wildman–Crippen LogP) is -3.40. The Bertz CT molecular complexity index is 1030. The molecular formula is C26H38O13. The highest BCUT2D eigenvalue weighted by Gasteiger charge is 2.74. The fourth-order valence-corrected chi connectivity index (χ4v) is 8.56. The Morgan fingerprint density at radius 2 is 1.62 bits per heavy atom. The van der Waals surface area contributed by atoms with Crippen molar-refractivity contribution in [3.05, 3.63) is 11.6 Å². The van der Waals surface area contributed by atoms with Crippen LogP contribution in [-0.2, 0) is 23.8 Å². The summed E-state index contributed by atoms with van der Waals surface area (Å²) in [5.41, 5.74) is -1.82. The van der Waals surface area contributed by atoms with E-state index in [1.165, 1.54) is 6.08 Å². The van der Waals surface area contributed by atoms with Crippen LogP contribution in [0.4, 0.5) is 0 Å². The first-order chi connectivity index (χ1) is 18.2. The molecule has 39 heavy (non-hydrogen) atoms. The minimum absolute atomic E-state index is 0.217. The molecule has 220 valence electrons. The molecule has 0 aromatic carbocycles. The van der Waals surface area contributed by atoms with Crippen molar-refractivity contribution < 1.29 is 64.7 Å². The van der Waals surface area contributed by atoms with Gasteiger partial charge in [0.05, 0.1) is 25.4 Å². The summed E-state index contributed by atoms with van der Waals surface area (Å²) in [7, 11) is 0. The summed E-state index contributed by atoms with van der Waals surface area (Å²) in [6.07, 6.45) is -13.5. The number of allylic oxidation sites excluding steroid dienone is 1. The number of rotatable bonds is 4. The van der Waals surface area contributed by atoms with Crippen LogP contribution in [0.15, 0.2) is 11.6 Å². The van der Waals surface area contributed by atoms with Crippen molar-refractivity contribution in [2.24, 2.45) is 34.5 Å². The van der Waals surface area contributed by atoms with Crippen LogP contribution >= 0.6 is 0 Å². The maximum absolute atomic E-state index is 12.9. The maximum atomic E-state index is 12.9. The highest BCUT2D eigenvalue weighted by molar-refractivity contribution is 5.96. The Morgan fingerprint density at radius 3 is 2.26 bits per heavy atom. The fourth-order valence-electron chi connectivity index (χ4n) is 8.56. The zero-order valence-corrected chi connectivity index (χ0v) is 21.9. The number of carbonyl (C=O) groups is 2. The molecule has 3 aliphatic carbocycles. The van der Waals surface area contributed by atoms with Crippen LogP contribution in [0.3, 0.4) is 0 Å². The van der Waals surface area contributed by atoms with Crippen LogP contribution in [0, 0.1) is 34.5 Å². The number of aliphatic hydroxyl groups excluding tert-OH is 8. The molecule has 5 aliphatic rings. The minimum atomic E-state index is -1.74. The summed E-state index contributed by atoms with van der Waals surface area (Å²) in [4.78, 5) is 25.6. The van der Waals surface area contributed by atoms with E-state index in [0.29, 0.717) is 5.57 Å². The zero-order valence-electron chi connectivity index (χ0n) is 21.9. The van der Waals surface area contributed by atoms with E-state index in [4.69, 9.17) is 14.2 Å². The summed E-state index contributed by atoms with van der Waals surface area (Å²) >= 11 is 0. The fraction of sp³-hybridized carbons (Fsp3) is 0.846. The number of ketones is 1. The summed E-state index contributed by atoms with van der Waals surface area (Å²) in [6, 6.07) is 0. The Kier molecular flexibility index (Phi) is 7.28. The predicted molar refractivity (Wildman–Crippen MR) is 127 cm³/mol. The molecule has 0 amide bonds. The normalized spacial score (nSPS) is 55.3. The molecule has 2 saturated carbocycles. The van der Waals surface area contributed by atoms with E-state index in [-0.39, 0.29) is 6.42 Å². The van der Waals surface area contributed by atoms with E-state index in [2.05, 4.69) is 0 Å². The van der Waals surface area contributed by atoms with Crippen molar-refractivity contribution in [1.82, 2.24) is 0 Å². The average Bonchev–Trinajstić information content (AvgIpc) is 2.88. The lowest BCUT2D eigenvalue weighted by atomic mass is 9.38. The molecule has 0 radical (unpaired) electrons. The van der Waals surface area contributed by atoms with Crippen LogP contribution in [-0.4, -0.2) is 127 Å². The van der Waals surface area contributed by atoms with Gasteiger partial charge < -0.3 is 55.1 Å². The number of fused-ring (bicyclic) bond motifs is 2. The molecule has 5 rings (SSSR count). The highest BCUT2D eigenvalue weighted by atomic mass is 16.7. The Balaban J connectivity index is 1.52. The van der Waals surface area contributed by atoms with Crippen LogP contribution in [0.2, 0.25) is 0 Å². The topological polar surface area (TPSA) is 224 Å². The molecular weight excluding hydrogens is 520 g/mol. The molecule has 0 aromatic heterocycles. The molecule has 0 spiro atoms. The Morgan fingerprint density at radius 1 is 0.949 bits per heavy atom. The molecule has 8 N–H and O–H groups in total. The van der Waals surface area contributed by atoms with Crippen LogP contribution in [0.5, 0.6) is 0 Å². The molecule has 13 nitrogen and oxygen atoms in total. The van der Waals surface area contributed by atoms with Gasteiger partial charge in [0.15, 0.2) is 18.2 Å². The third-order valence-electron chi connectivity index (χ3n) is 10.5. The SMILES string of the molecule is CC1=CC(=O)[C@@H](O)[C@]2(C)[C@H]3[C@@H](O)[C@H](O)[C@H](CO[C@H]4O[C@@H](CO)[C@H](O)[C@@H](O)[C@@H]4O)[C@@H]4[C@@H](O)C(=O)O[C@H](C[C@@H]12)[C@@]43C. The van der Waals surface area contributed by atoms with Gasteiger partial charge in [-0.05, 0) is 25.3 Å². The van der Waals surface area contributed by atoms with E-state index in [9.17, 15) is 50.4 Å². The largest absolute Gasteiger partial charge is 0.460 e. The van der Waals surface area contributed by atoms with Crippen molar-refractivity contribution >= 4 is 11.8 Å². The zero-order chi connectivity index (χ0) is 28.8.